The normalized spacial score (nSPS) is 18.7. The highest BCUT2D eigenvalue weighted by Gasteiger charge is 2.34. The van der Waals surface area contributed by atoms with E-state index in [4.69, 9.17) is 9.47 Å². The van der Waals surface area contributed by atoms with Crippen LogP contribution in [0.4, 0.5) is 9.18 Å². The number of carbonyl (C=O) groups excluding carboxylic acids is 2. The van der Waals surface area contributed by atoms with Crippen LogP contribution in [0.2, 0.25) is 0 Å². The number of halogens is 1. The van der Waals surface area contributed by atoms with Gasteiger partial charge in [0.25, 0.3) is 0 Å². The summed E-state index contributed by atoms with van der Waals surface area (Å²) in [6.07, 6.45) is 9.47. The number of cyclic esters (lactones) is 1. The number of hydrogen-bond acceptors (Lipinski definition) is 5. The highest BCUT2D eigenvalue weighted by Crippen LogP contribution is 2.36. The van der Waals surface area contributed by atoms with Gasteiger partial charge in [-0.1, -0.05) is 32.1 Å². The molecule has 35 heavy (non-hydrogen) atoms. The van der Waals surface area contributed by atoms with Crippen LogP contribution in [0.25, 0.3) is 0 Å². The number of urea groups is 1. The Hall–Kier alpha value is -2.19. The Bertz CT molecular complexity index is 844. The van der Waals surface area contributed by atoms with Gasteiger partial charge in [0.15, 0.2) is 0 Å². The fraction of sp³-hybridized carbons (Fsp3) is 0.704. The number of nitrogens with zero attached hydrogens (tertiary/aromatic N) is 1. The maximum absolute atomic E-state index is 14.4. The van der Waals surface area contributed by atoms with Gasteiger partial charge in [-0.25, -0.2) is 14.0 Å². The standard InChI is InChI=1S/C27H42FN3O4/c1-29-18-22(15-19-9-5-4-6-10-19)30-27(33)31(2)13-12-24-23-17-21(28)16-20(11-7-8-14-34-3)25(23)26(32)35-24/h16-17,19,22,24,29H,4-15,18H2,1-3H3,(H,30,33)/t22?,24-/m0/s1. The number of amides is 2. The summed E-state index contributed by atoms with van der Waals surface area (Å²) >= 11 is 0. The molecule has 196 valence electrons. The number of hydrogen-bond donors (Lipinski definition) is 2. The van der Waals surface area contributed by atoms with Gasteiger partial charge in [0, 0.05) is 51.9 Å². The van der Waals surface area contributed by atoms with Crippen LogP contribution in [0.5, 0.6) is 0 Å². The van der Waals surface area contributed by atoms with Crippen LogP contribution in [-0.4, -0.2) is 63.8 Å². The molecule has 7 nitrogen and oxygen atoms in total. The topological polar surface area (TPSA) is 79.9 Å². The van der Waals surface area contributed by atoms with Crippen molar-refractivity contribution in [3.8, 4) is 0 Å². The largest absolute Gasteiger partial charge is 0.454 e. The number of esters is 1. The van der Waals surface area contributed by atoms with Crippen molar-refractivity contribution in [2.24, 2.45) is 5.92 Å². The van der Waals surface area contributed by atoms with E-state index >= 15 is 0 Å². The molecule has 0 saturated heterocycles. The number of methoxy groups -OCH3 is 1. The molecule has 0 bridgehead atoms. The first kappa shape index (κ1) is 27.4. The molecule has 1 aliphatic heterocycles. The van der Waals surface area contributed by atoms with Gasteiger partial charge in [-0.15, -0.1) is 0 Å². The summed E-state index contributed by atoms with van der Waals surface area (Å²) in [5, 5.41) is 6.36. The van der Waals surface area contributed by atoms with Crippen LogP contribution in [0.1, 0.15) is 85.4 Å². The van der Waals surface area contributed by atoms with Crippen molar-refractivity contribution in [1.29, 1.82) is 0 Å². The average molecular weight is 492 g/mol. The molecule has 0 spiro atoms. The Labute approximate surface area is 209 Å². The zero-order chi connectivity index (χ0) is 25.2. The summed E-state index contributed by atoms with van der Waals surface area (Å²) in [5.74, 6) is -0.0985. The van der Waals surface area contributed by atoms with Crippen molar-refractivity contribution >= 4 is 12.0 Å². The fourth-order valence-corrected chi connectivity index (χ4v) is 5.38. The van der Waals surface area contributed by atoms with Crippen LogP contribution >= 0.6 is 0 Å². The lowest BCUT2D eigenvalue weighted by Crippen LogP contribution is -2.48. The Morgan fingerprint density at radius 2 is 2.03 bits per heavy atom. The number of carbonyl (C=O) groups is 2. The first-order valence-electron chi connectivity index (χ1n) is 13.1. The van der Waals surface area contributed by atoms with Crippen LogP contribution in [0.15, 0.2) is 12.1 Å². The Balaban J connectivity index is 1.56. The minimum absolute atomic E-state index is 0.0813. The highest BCUT2D eigenvalue weighted by molar-refractivity contribution is 5.95. The molecule has 1 heterocycles. The summed E-state index contributed by atoms with van der Waals surface area (Å²) < 4.78 is 25.0. The zero-order valence-electron chi connectivity index (χ0n) is 21.5. The first-order chi connectivity index (χ1) is 16.9. The molecule has 2 aliphatic rings. The highest BCUT2D eigenvalue weighted by atomic mass is 19.1. The maximum atomic E-state index is 14.4. The third kappa shape index (κ3) is 7.90. The van der Waals surface area contributed by atoms with Crippen LogP contribution in [0.3, 0.4) is 0 Å². The Kier molecular flexibility index (Phi) is 10.8. The molecule has 1 saturated carbocycles. The average Bonchev–Trinajstić information content (AvgIpc) is 3.16. The van der Waals surface area contributed by atoms with Crippen LogP contribution in [-0.2, 0) is 15.9 Å². The predicted molar refractivity (Wildman–Crippen MR) is 134 cm³/mol. The lowest BCUT2D eigenvalue weighted by Gasteiger charge is -2.29. The number of aryl methyl sites for hydroxylation is 1. The third-order valence-electron chi connectivity index (χ3n) is 7.25. The number of unbranched alkanes of at least 4 members (excludes halogenated alkanes) is 1. The van der Waals surface area contributed by atoms with Gasteiger partial charge in [0.2, 0.25) is 0 Å². The van der Waals surface area contributed by atoms with Crippen LogP contribution in [0, 0.1) is 11.7 Å². The van der Waals surface area contributed by atoms with E-state index in [1.807, 2.05) is 7.05 Å². The van der Waals surface area contributed by atoms with E-state index in [-0.39, 0.29) is 17.9 Å². The molecule has 1 aliphatic carbocycles. The number of ether oxygens (including phenoxy) is 2. The molecule has 3 rings (SSSR count). The monoisotopic (exact) mass is 491 g/mol. The summed E-state index contributed by atoms with van der Waals surface area (Å²) in [4.78, 5) is 27.1. The van der Waals surface area contributed by atoms with E-state index in [0.29, 0.717) is 48.6 Å². The number of likely N-dealkylation sites (N-methyl/N-ethyl adjacent to an activating group) is 1. The third-order valence-corrected chi connectivity index (χ3v) is 7.25. The molecule has 0 aromatic heterocycles. The summed E-state index contributed by atoms with van der Waals surface area (Å²) in [5.41, 5.74) is 1.77. The van der Waals surface area contributed by atoms with Gasteiger partial charge in [-0.2, -0.15) is 0 Å². The van der Waals surface area contributed by atoms with E-state index in [1.165, 1.54) is 44.2 Å². The molecule has 0 radical (unpaired) electrons. The lowest BCUT2D eigenvalue weighted by molar-refractivity contribution is 0.0356. The van der Waals surface area contributed by atoms with Gasteiger partial charge < -0.3 is 25.0 Å². The maximum Gasteiger partial charge on any atom is 0.339 e. The molecule has 1 aromatic rings. The summed E-state index contributed by atoms with van der Waals surface area (Å²) in [7, 11) is 5.30. The van der Waals surface area contributed by atoms with Gasteiger partial charge in [0.1, 0.15) is 11.9 Å². The second-order valence-corrected chi connectivity index (χ2v) is 10.0. The molecule has 2 N–H and O–H groups in total. The van der Waals surface area contributed by atoms with Crippen LogP contribution < -0.4 is 10.6 Å². The van der Waals surface area contributed by atoms with E-state index in [9.17, 15) is 14.0 Å². The Morgan fingerprint density at radius 3 is 2.74 bits per heavy atom. The molecule has 1 unspecified atom stereocenters. The van der Waals surface area contributed by atoms with E-state index in [2.05, 4.69) is 10.6 Å². The molecule has 2 atom stereocenters. The van der Waals surface area contributed by atoms with Crippen molar-refractivity contribution in [2.75, 3.05) is 40.9 Å². The molecular formula is C27H42FN3O4. The van der Waals surface area contributed by atoms with Crippen molar-refractivity contribution in [1.82, 2.24) is 15.5 Å². The number of rotatable bonds is 13. The summed E-state index contributed by atoms with van der Waals surface area (Å²) in [6, 6.07) is 2.78. The van der Waals surface area contributed by atoms with Gasteiger partial charge in [-0.3, -0.25) is 0 Å². The number of nitrogens with one attached hydrogen (secondary N) is 2. The number of fused-ring (bicyclic) bond motifs is 1. The van der Waals surface area contributed by atoms with Crippen molar-refractivity contribution in [3.05, 3.63) is 34.6 Å². The minimum Gasteiger partial charge on any atom is -0.454 e. The fourth-order valence-electron chi connectivity index (χ4n) is 5.38. The Morgan fingerprint density at radius 1 is 1.26 bits per heavy atom. The molecule has 1 fully saturated rings. The van der Waals surface area contributed by atoms with Gasteiger partial charge in [0.05, 0.1) is 5.56 Å². The summed E-state index contributed by atoms with van der Waals surface area (Å²) in [6.45, 7) is 1.77. The lowest BCUT2D eigenvalue weighted by atomic mass is 9.85. The smallest absolute Gasteiger partial charge is 0.339 e. The molecule has 2 amide bonds. The van der Waals surface area contributed by atoms with Gasteiger partial charge >= 0.3 is 12.0 Å². The molecular weight excluding hydrogens is 449 g/mol. The van der Waals surface area contributed by atoms with E-state index < -0.39 is 12.1 Å². The van der Waals surface area contributed by atoms with Crippen molar-refractivity contribution in [2.45, 2.75) is 76.4 Å². The van der Waals surface area contributed by atoms with Gasteiger partial charge in [-0.05, 0) is 56.3 Å². The van der Waals surface area contributed by atoms with Crippen molar-refractivity contribution < 1.29 is 23.5 Å². The first-order valence-corrected chi connectivity index (χ1v) is 13.1. The molecule has 1 aromatic carbocycles. The predicted octanol–water partition coefficient (Wildman–Crippen LogP) is 4.60. The molecule has 8 heteroatoms. The van der Waals surface area contributed by atoms with E-state index in [1.54, 1.807) is 19.1 Å². The second-order valence-electron chi connectivity index (χ2n) is 10.0. The quantitative estimate of drug-likeness (QED) is 0.312. The second kappa shape index (κ2) is 13.8. The minimum atomic E-state index is -0.545. The number of benzene rings is 1. The SMILES string of the molecule is CNCC(CC1CCCCC1)NC(=O)N(C)CC[C@@H]1OC(=O)c2c(CCCCOC)cc(F)cc21. The van der Waals surface area contributed by atoms with Crippen molar-refractivity contribution in [3.63, 3.8) is 0 Å². The van der Waals surface area contributed by atoms with E-state index in [0.717, 1.165) is 25.8 Å². The zero-order valence-corrected chi connectivity index (χ0v) is 21.5.